The van der Waals surface area contributed by atoms with Crippen LogP contribution in [0.4, 0.5) is 10.2 Å². The van der Waals surface area contributed by atoms with Crippen LogP contribution in [0, 0.1) is 19.7 Å². The molecule has 3 aromatic rings. The molecule has 130 valence electrons. The van der Waals surface area contributed by atoms with Crippen molar-refractivity contribution in [1.29, 1.82) is 0 Å². The van der Waals surface area contributed by atoms with Gasteiger partial charge in [0.1, 0.15) is 29.5 Å². The first-order chi connectivity index (χ1) is 12.0. The lowest BCUT2D eigenvalue weighted by atomic mass is 10.1. The number of fused-ring (bicyclic) bond motifs is 1. The summed E-state index contributed by atoms with van der Waals surface area (Å²) in [7, 11) is 0. The van der Waals surface area contributed by atoms with Crippen LogP contribution in [0.5, 0.6) is 0 Å². The molecule has 0 radical (unpaired) electrons. The number of esters is 1. The predicted molar refractivity (Wildman–Crippen MR) is 95.2 cm³/mol. The molecule has 0 aliphatic carbocycles. The normalized spacial score (nSPS) is 10.9. The Labute approximate surface area is 145 Å². The van der Waals surface area contributed by atoms with Gasteiger partial charge in [-0.05, 0) is 50.6 Å². The number of nitrogens with zero attached hydrogens (tertiary/aromatic N) is 2. The number of ether oxygens (including phenoxy) is 1. The van der Waals surface area contributed by atoms with Crippen molar-refractivity contribution in [3.05, 3.63) is 53.5 Å². The predicted octanol–water partition coefficient (Wildman–Crippen LogP) is 3.73. The van der Waals surface area contributed by atoms with Crippen molar-refractivity contribution in [2.45, 2.75) is 20.8 Å². The fourth-order valence-corrected chi connectivity index (χ4v) is 2.90. The zero-order valence-corrected chi connectivity index (χ0v) is 14.5. The number of nitrogens with one attached hydrogen (secondary N) is 1. The maximum atomic E-state index is 14.3. The minimum absolute atomic E-state index is 0.0175. The van der Waals surface area contributed by atoms with E-state index >= 15 is 0 Å². The highest BCUT2D eigenvalue weighted by Gasteiger charge is 2.19. The Morgan fingerprint density at radius 3 is 2.76 bits per heavy atom. The van der Waals surface area contributed by atoms with E-state index in [9.17, 15) is 9.18 Å². The zero-order valence-electron chi connectivity index (χ0n) is 14.5. The van der Waals surface area contributed by atoms with Gasteiger partial charge < -0.3 is 10.1 Å². The first kappa shape index (κ1) is 17.0. The third-order valence-corrected chi connectivity index (χ3v) is 3.88. The van der Waals surface area contributed by atoms with Crippen LogP contribution in [0.3, 0.4) is 0 Å². The summed E-state index contributed by atoms with van der Waals surface area (Å²) in [5.74, 6) is -0.160. The number of carbonyl (C=O) groups excluding carboxylic acids is 1. The molecule has 1 aromatic carbocycles. The summed E-state index contributed by atoms with van der Waals surface area (Å²) in [5.41, 5.74) is 3.55. The minimum atomic E-state index is -0.373. The monoisotopic (exact) mass is 341 g/mol. The highest BCUT2D eigenvalue weighted by atomic mass is 19.1. The van der Waals surface area contributed by atoms with Gasteiger partial charge in [-0.3, -0.25) is 9.20 Å². The van der Waals surface area contributed by atoms with E-state index < -0.39 is 0 Å². The average molecular weight is 341 g/mol. The molecule has 3 rings (SSSR count). The van der Waals surface area contributed by atoms with Crippen molar-refractivity contribution >= 4 is 17.4 Å². The van der Waals surface area contributed by atoms with Gasteiger partial charge in [0.05, 0.1) is 6.61 Å². The minimum Gasteiger partial charge on any atom is -0.465 e. The summed E-state index contributed by atoms with van der Waals surface area (Å²) in [6.45, 7) is 5.98. The van der Waals surface area contributed by atoms with Gasteiger partial charge in [-0.15, -0.1) is 0 Å². The lowest BCUT2D eigenvalue weighted by Crippen LogP contribution is -2.18. The number of hydrogen-bond acceptors (Lipinski definition) is 4. The molecular formula is C19H20FN3O2. The Morgan fingerprint density at radius 2 is 2.04 bits per heavy atom. The Hall–Kier alpha value is -2.89. The van der Waals surface area contributed by atoms with Gasteiger partial charge in [0, 0.05) is 11.3 Å². The van der Waals surface area contributed by atoms with E-state index in [2.05, 4.69) is 10.3 Å². The van der Waals surface area contributed by atoms with Gasteiger partial charge >= 0.3 is 5.97 Å². The fourth-order valence-electron chi connectivity index (χ4n) is 2.90. The summed E-state index contributed by atoms with van der Waals surface area (Å²) < 4.78 is 21.2. The maximum absolute atomic E-state index is 14.3. The van der Waals surface area contributed by atoms with Crippen LogP contribution < -0.4 is 5.32 Å². The second-order valence-corrected chi connectivity index (χ2v) is 5.82. The summed E-state index contributed by atoms with van der Waals surface area (Å²) in [6.07, 6.45) is 0. The quantitative estimate of drug-likeness (QED) is 0.719. The zero-order chi connectivity index (χ0) is 18.0. The number of pyridine rings is 1. The van der Waals surface area contributed by atoms with Gasteiger partial charge in [0.2, 0.25) is 0 Å². The Kier molecular flexibility index (Phi) is 4.70. The van der Waals surface area contributed by atoms with E-state index in [1.54, 1.807) is 25.1 Å². The van der Waals surface area contributed by atoms with Crippen molar-refractivity contribution in [3.63, 3.8) is 0 Å². The number of halogens is 1. The second kappa shape index (κ2) is 6.93. The maximum Gasteiger partial charge on any atom is 0.325 e. The first-order valence-corrected chi connectivity index (χ1v) is 8.15. The number of anilines is 1. The molecule has 0 amide bonds. The fraction of sp³-hybridized carbons (Fsp3) is 0.263. The lowest BCUT2D eigenvalue weighted by molar-refractivity contribution is -0.140. The molecule has 0 fully saturated rings. The van der Waals surface area contributed by atoms with Gasteiger partial charge in [0.15, 0.2) is 0 Å². The molecule has 0 spiro atoms. The molecular weight excluding hydrogens is 321 g/mol. The van der Waals surface area contributed by atoms with E-state index in [0.29, 0.717) is 29.3 Å². The summed E-state index contributed by atoms with van der Waals surface area (Å²) in [4.78, 5) is 16.3. The van der Waals surface area contributed by atoms with E-state index in [0.717, 1.165) is 11.3 Å². The summed E-state index contributed by atoms with van der Waals surface area (Å²) in [5, 5.41) is 3.07. The van der Waals surface area contributed by atoms with Crippen LogP contribution in [0.25, 0.3) is 16.9 Å². The third-order valence-electron chi connectivity index (χ3n) is 3.88. The molecule has 0 atom stereocenters. The van der Waals surface area contributed by atoms with E-state index in [1.165, 1.54) is 6.07 Å². The molecule has 0 unspecified atom stereocenters. The van der Waals surface area contributed by atoms with Crippen molar-refractivity contribution in [2.24, 2.45) is 0 Å². The molecule has 5 nitrogen and oxygen atoms in total. The highest BCUT2D eigenvalue weighted by Crippen LogP contribution is 2.31. The van der Waals surface area contributed by atoms with E-state index in [-0.39, 0.29) is 18.3 Å². The molecule has 0 aliphatic heterocycles. The van der Waals surface area contributed by atoms with Crippen LogP contribution in [0.1, 0.15) is 18.2 Å². The Bertz CT molecular complexity index is 934. The SMILES string of the molecule is CCOC(=O)CNc1c(-c2ccccc2F)nc2cc(C)cc(C)n12. The van der Waals surface area contributed by atoms with Crippen LogP contribution in [-0.2, 0) is 9.53 Å². The number of hydrogen-bond donors (Lipinski definition) is 1. The summed E-state index contributed by atoms with van der Waals surface area (Å²) in [6, 6.07) is 10.4. The molecule has 25 heavy (non-hydrogen) atoms. The van der Waals surface area contributed by atoms with Crippen molar-refractivity contribution in [1.82, 2.24) is 9.38 Å². The Balaban J connectivity index is 2.15. The Morgan fingerprint density at radius 1 is 1.28 bits per heavy atom. The van der Waals surface area contributed by atoms with Crippen LogP contribution in [0.2, 0.25) is 0 Å². The number of imidazole rings is 1. The molecule has 0 aliphatic rings. The van der Waals surface area contributed by atoms with Crippen LogP contribution in [-0.4, -0.2) is 28.5 Å². The molecule has 2 heterocycles. The standard InChI is InChI=1S/C19H20FN3O2/c1-4-25-17(24)11-21-19-18(14-7-5-6-8-15(14)20)22-16-10-12(2)9-13(3)23(16)19/h5-10,21H,4,11H2,1-3H3. The second-order valence-electron chi connectivity index (χ2n) is 5.82. The summed E-state index contributed by atoms with van der Waals surface area (Å²) >= 11 is 0. The number of aromatic nitrogens is 2. The molecule has 2 aromatic heterocycles. The van der Waals surface area contributed by atoms with E-state index in [4.69, 9.17) is 4.74 Å². The topological polar surface area (TPSA) is 55.6 Å². The largest absolute Gasteiger partial charge is 0.465 e. The highest BCUT2D eigenvalue weighted by molar-refractivity contribution is 5.81. The third kappa shape index (κ3) is 3.33. The molecule has 0 bridgehead atoms. The van der Waals surface area contributed by atoms with Crippen molar-refractivity contribution in [3.8, 4) is 11.3 Å². The van der Waals surface area contributed by atoms with Crippen LogP contribution in [0.15, 0.2) is 36.4 Å². The molecule has 1 N–H and O–H groups in total. The van der Waals surface area contributed by atoms with Gasteiger partial charge in [-0.2, -0.15) is 0 Å². The number of rotatable bonds is 5. The molecule has 0 saturated carbocycles. The van der Waals surface area contributed by atoms with Gasteiger partial charge in [-0.25, -0.2) is 9.37 Å². The number of benzene rings is 1. The van der Waals surface area contributed by atoms with Crippen molar-refractivity contribution in [2.75, 3.05) is 18.5 Å². The molecule has 0 saturated heterocycles. The van der Waals surface area contributed by atoms with Gasteiger partial charge in [-0.1, -0.05) is 12.1 Å². The smallest absolute Gasteiger partial charge is 0.325 e. The van der Waals surface area contributed by atoms with Gasteiger partial charge in [0.25, 0.3) is 0 Å². The average Bonchev–Trinajstić information content (AvgIpc) is 2.92. The first-order valence-electron chi connectivity index (χ1n) is 8.15. The van der Waals surface area contributed by atoms with E-state index in [1.807, 2.05) is 30.4 Å². The lowest BCUT2D eigenvalue weighted by Gasteiger charge is -2.11. The number of carbonyl (C=O) groups is 1. The van der Waals surface area contributed by atoms with Crippen molar-refractivity contribution < 1.29 is 13.9 Å². The van der Waals surface area contributed by atoms with Crippen LogP contribution >= 0.6 is 0 Å². The number of aryl methyl sites for hydroxylation is 2. The molecule has 6 heteroatoms.